The van der Waals surface area contributed by atoms with Crippen LogP contribution in [0.5, 0.6) is 0 Å². The summed E-state index contributed by atoms with van der Waals surface area (Å²) in [4.78, 5) is 173. The van der Waals surface area contributed by atoms with Gasteiger partial charge in [-0.15, -0.1) is 0 Å². The fourth-order valence-corrected chi connectivity index (χ4v) is 10.4. The van der Waals surface area contributed by atoms with Crippen LogP contribution in [0.3, 0.4) is 0 Å². The van der Waals surface area contributed by atoms with Crippen molar-refractivity contribution in [3.05, 3.63) is 0 Å². The highest BCUT2D eigenvalue weighted by Gasteiger charge is 2.40. The number of primary amides is 1. The van der Waals surface area contributed by atoms with Crippen LogP contribution in [0, 0.1) is 41.4 Å². The molecule has 0 aliphatic carbocycles. The van der Waals surface area contributed by atoms with Crippen molar-refractivity contribution in [2.24, 2.45) is 119 Å². The molecule has 0 rings (SSSR count). The van der Waals surface area contributed by atoms with Crippen LogP contribution < -0.4 is 111 Å². The first kappa shape index (κ1) is 92.2. The molecule has 11 amide bonds. The van der Waals surface area contributed by atoms with Gasteiger partial charge in [0.1, 0.15) is 60.4 Å². The quantitative estimate of drug-likeness (QED) is 0.0166. The zero-order valence-corrected chi connectivity index (χ0v) is 62.4. The molecule has 0 fully saturated rings. The van der Waals surface area contributed by atoms with Crippen LogP contribution in [0.25, 0.3) is 0 Å². The second-order valence-electron chi connectivity index (χ2n) is 26.6. The van der Waals surface area contributed by atoms with Crippen LogP contribution >= 0.6 is 0 Å². The number of hydrogen-bond donors (Lipinski definition) is 20. The first-order valence-electron chi connectivity index (χ1n) is 35.7. The van der Waals surface area contributed by atoms with Crippen molar-refractivity contribution in [2.75, 3.05) is 26.2 Å². The van der Waals surface area contributed by atoms with E-state index >= 15 is 0 Å². The number of carbonyl (C=O) groups excluding carboxylic acids is 11. The van der Waals surface area contributed by atoms with Crippen molar-refractivity contribution in [3.63, 3.8) is 0 Å². The van der Waals surface area contributed by atoms with Gasteiger partial charge >= 0.3 is 0 Å². The predicted octanol–water partition coefficient (Wildman–Crippen LogP) is -2.82. The maximum absolute atomic E-state index is 14.8. The molecular formula is C66H128N24O11. The van der Waals surface area contributed by atoms with Crippen molar-refractivity contribution in [1.82, 2.24) is 53.2 Å². The van der Waals surface area contributed by atoms with Crippen LogP contribution in [0.2, 0.25) is 0 Å². The van der Waals surface area contributed by atoms with Crippen LogP contribution in [0.1, 0.15) is 193 Å². The summed E-state index contributed by atoms with van der Waals surface area (Å²) in [5, 5.41) is 27.8. The van der Waals surface area contributed by atoms with E-state index in [1.165, 1.54) is 0 Å². The lowest BCUT2D eigenvalue weighted by Gasteiger charge is -2.32. The molecule has 0 aliphatic rings. The predicted molar refractivity (Wildman–Crippen MR) is 392 cm³/mol. The molecule has 0 heterocycles. The second-order valence-corrected chi connectivity index (χ2v) is 26.6. The SMILES string of the molecule is CC[C@H](C)[C@H](NC(=O)[C@@H](NC(=O)[C@@H](NC(=O)[C@@H](CCCN=C(N)N)NC(=O)[C@@H](NC(=O)[C@@H](NC(=O)[C@@H](CCCN=C(N)N)NC(=O)[C@@H](NC(=O)[C@@H](NC(=O)[C@@H](CCCN=C(N)N)NC(=O)[C@H](N)CCCN=C(N)N)[C@@H](C)CC)[C@@H](C)CC)[C@@H](C)CC)[C@@H](C)CC)[C@@H](C)CC)[C@@H](C)CC)C(N)=O. The average Bonchev–Trinajstić information content (AvgIpc) is 0.846. The van der Waals surface area contributed by atoms with Gasteiger partial charge < -0.3 is 111 Å². The minimum atomic E-state index is -1.39. The third-order valence-electron chi connectivity index (χ3n) is 18.6. The van der Waals surface area contributed by atoms with Gasteiger partial charge in [-0.25, -0.2) is 0 Å². The number of aliphatic imine (C=N–C) groups is 4. The summed E-state index contributed by atoms with van der Waals surface area (Å²) in [5.74, 6) is -12.5. The standard InChI is InChI=1S/C66H128N24O11/c1-15-34(8)45(52(68)91)84-59(98)51(40(14)21-7)90-62(101)50(39(13)20-6)87-56(95)44(29-25-33-80-66(75)76)83-58(97)47(36(10)17-3)89-61(100)49(38(12)19-5)86-55(94)43(28-24-32-79-65(73)74)82-57(96)46(35(9)16-2)88-60(99)48(37(11)18-4)85-54(93)42(27-23-31-78-64(71)72)81-53(92)41(67)26-22-30-77-63(69)70/h34-51H,15-33,67H2,1-14H3,(H2,68,91)(H,81,92)(H,82,96)(H,83,97)(H,84,98)(H,85,93)(H,86,94)(H,87,95)(H,88,99)(H,89,100)(H,90,101)(H4,69,70,77)(H4,71,72,78)(H4,73,74,79)(H4,75,76,80)/t34-,35-,36-,37-,38-,39-,40-,41+,42+,43+,44+,45-,46-,47-,48-,49-,50-,51-/m0/s1. The van der Waals surface area contributed by atoms with Gasteiger partial charge in [-0.3, -0.25) is 72.7 Å². The fourth-order valence-electron chi connectivity index (χ4n) is 10.4. The van der Waals surface area contributed by atoms with Gasteiger partial charge in [0.05, 0.1) is 6.04 Å². The van der Waals surface area contributed by atoms with Crippen molar-refractivity contribution in [3.8, 4) is 0 Å². The van der Waals surface area contributed by atoms with Gasteiger partial charge in [0, 0.05) is 26.2 Å². The largest absolute Gasteiger partial charge is 0.370 e. The molecule has 0 aromatic heterocycles. The molecule has 0 saturated heterocycles. The van der Waals surface area contributed by atoms with E-state index in [2.05, 4.69) is 73.1 Å². The molecule has 18 atom stereocenters. The summed E-state index contributed by atoms with van der Waals surface area (Å²) in [5.41, 5.74) is 56.3. The molecule has 0 spiro atoms. The van der Waals surface area contributed by atoms with Crippen LogP contribution in [-0.4, -0.2) is 181 Å². The molecule has 0 aromatic rings. The molecule has 578 valence electrons. The Morgan fingerprint density at radius 2 is 0.436 bits per heavy atom. The molecule has 35 heteroatoms. The molecule has 30 N–H and O–H groups in total. The maximum Gasteiger partial charge on any atom is 0.243 e. The summed E-state index contributed by atoms with van der Waals surface area (Å²) in [6.45, 7) is 25.1. The first-order chi connectivity index (χ1) is 47.4. The molecule has 0 aliphatic heterocycles. The Labute approximate surface area is 597 Å². The topological polar surface area (TPSA) is 618 Å². The van der Waals surface area contributed by atoms with E-state index in [1.807, 2.05) is 20.8 Å². The summed E-state index contributed by atoms with van der Waals surface area (Å²) in [6, 6.07) is -13.7. The number of rotatable bonds is 51. The number of nitrogens with two attached hydrogens (primary N) is 10. The number of nitrogens with zero attached hydrogens (tertiary/aromatic N) is 4. The molecule has 0 saturated carbocycles. The number of amides is 11. The normalized spacial score (nSPS) is 16.5. The van der Waals surface area contributed by atoms with Gasteiger partial charge in [0.2, 0.25) is 65.0 Å². The van der Waals surface area contributed by atoms with E-state index in [0.717, 1.165) is 0 Å². The zero-order valence-electron chi connectivity index (χ0n) is 62.4. The minimum Gasteiger partial charge on any atom is -0.370 e. The van der Waals surface area contributed by atoms with Gasteiger partial charge in [-0.1, -0.05) is 142 Å². The van der Waals surface area contributed by atoms with Crippen molar-refractivity contribution in [1.29, 1.82) is 0 Å². The third-order valence-corrected chi connectivity index (χ3v) is 18.6. The Morgan fingerprint density at radius 1 is 0.257 bits per heavy atom. The summed E-state index contributed by atoms with van der Waals surface area (Å²) in [7, 11) is 0. The van der Waals surface area contributed by atoms with Gasteiger partial charge in [-0.2, -0.15) is 0 Å². The molecule has 0 unspecified atom stereocenters. The highest BCUT2D eigenvalue weighted by molar-refractivity contribution is 5.99. The number of guanidine groups is 4. The van der Waals surface area contributed by atoms with Crippen LogP contribution in [-0.2, 0) is 52.7 Å². The number of nitrogens with one attached hydrogen (secondary N) is 10. The number of hydrogen-bond acceptors (Lipinski definition) is 16. The van der Waals surface area contributed by atoms with E-state index in [4.69, 9.17) is 57.3 Å². The Bertz CT molecular complexity index is 2760. The molecule has 101 heavy (non-hydrogen) atoms. The molecule has 0 radical (unpaired) electrons. The van der Waals surface area contributed by atoms with Crippen molar-refractivity contribution in [2.45, 2.75) is 260 Å². The Morgan fingerprint density at radius 3 is 0.644 bits per heavy atom. The van der Waals surface area contributed by atoms with E-state index in [0.29, 0.717) is 51.4 Å². The highest BCUT2D eigenvalue weighted by atomic mass is 16.2. The maximum atomic E-state index is 14.8. The molecule has 0 aromatic carbocycles. The molecule has 35 nitrogen and oxygen atoms in total. The summed E-state index contributed by atoms with van der Waals surface area (Å²) in [6.07, 6.45) is 3.69. The smallest absolute Gasteiger partial charge is 0.243 e. The second kappa shape index (κ2) is 48.9. The number of carbonyl (C=O) groups is 11. The van der Waals surface area contributed by atoms with E-state index in [1.54, 1.807) is 76.2 Å². The van der Waals surface area contributed by atoms with Crippen LogP contribution in [0.4, 0.5) is 0 Å². The molecule has 0 bridgehead atoms. The monoisotopic (exact) mass is 1430 g/mol. The lowest BCUT2D eigenvalue weighted by molar-refractivity contribution is -0.138. The molecular weight excluding hydrogens is 1300 g/mol. The Hall–Kier alpha value is -8.79. The van der Waals surface area contributed by atoms with Gasteiger partial charge in [0.25, 0.3) is 0 Å². The third kappa shape index (κ3) is 34.4. The average molecular weight is 1430 g/mol. The van der Waals surface area contributed by atoms with Crippen molar-refractivity contribution >= 4 is 88.8 Å². The van der Waals surface area contributed by atoms with E-state index in [-0.39, 0.29) is 101 Å². The van der Waals surface area contributed by atoms with E-state index < -0.39 is 167 Å². The fraction of sp³-hybridized carbons (Fsp3) is 0.773. The summed E-state index contributed by atoms with van der Waals surface area (Å²) < 4.78 is 0. The van der Waals surface area contributed by atoms with Crippen LogP contribution in [0.15, 0.2) is 20.0 Å². The van der Waals surface area contributed by atoms with Gasteiger partial charge in [-0.05, 0) is 92.8 Å². The zero-order chi connectivity index (χ0) is 77.4. The lowest BCUT2D eigenvalue weighted by Crippen LogP contribution is -2.63. The summed E-state index contributed by atoms with van der Waals surface area (Å²) >= 11 is 0. The first-order valence-corrected chi connectivity index (χ1v) is 35.7. The van der Waals surface area contributed by atoms with E-state index in [9.17, 15) is 52.7 Å². The Balaban J connectivity index is 7.39. The lowest BCUT2D eigenvalue weighted by atomic mass is 9.93. The van der Waals surface area contributed by atoms with Crippen molar-refractivity contribution < 1.29 is 52.7 Å². The van der Waals surface area contributed by atoms with Gasteiger partial charge in [0.15, 0.2) is 23.8 Å². The minimum absolute atomic E-state index is 0.0285. The highest BCUT2D eigenvalue weighted by Crippen LogP contribution is 2.19. The Kier molecular flexibility index (Phi) is 44.6.